The lowest BCUT2D eigenvalue weighted by molar-refractivity contribution is 0.335. The Morgan fingerprint density at radius 1 is 1.11 bits per heavy atom. The molecule has 0 heterocycles. The topological polar surface area (TPSA) is 27.0 Å². The molecule has 1 aromatic rings. The molecule has 0 bridgehead atoms. The molecule has 98 valence electrons. The summed E-state index contributed by atoms with van der Waals surface area (Å²) in [4.78, 5) is 2.31. The Hall–Kier alpha value is -1.33. The van der Waals surface area contributed by atoms with Gasteiger partial charge in [-0.05, 0) is 69.5 Å². The number of aryl methyl sites for hydroxylation is 1. The molecule has 0 saturated carbocycles. The van der Waals surface area contributed by atoms with Gasteiger partial charge in [-0.25, -0.2) is 0 Å². The van der Waals surface area contributed by atoms with Crippen LogP contribution in [0.25, 0.3) is 0 Å². The van der Waals surface area contributed by atoms with Crippen LogP contribution in [0.4, 0.5) is 0 Å². The molecule has 0 fully saturated rings. The summed E-state index contributed by atoms with van der Waals surface area (Å²) in [5, 5.41) is 8.51. The van der Waals surface area contributed by atoms with Crippen LogP contribution >= 0.6 is 0 Å². The fourth-order valence-corrected chi connectivity index (χ4v) is 2.13. The largest absolute Gasteiger partial charge is 0.306 e. The van der Waals surface area contributed by atoms with E-state index >= 15 is 0 Å². The molecule has 0 spiro atoms. The second kappa shape index (κ2) is 7.18. The van der Waals surface area contributed by atoms with Crippen molar-refractivity contribution in [3.8, 4) is 6.07 Å². The van der Waals surface area contributed by atoms with Gasteiger partial charge in [0.15, 0.2) is 0 Å². The predicted molar refractivity (Wildman–Crippen MR) is 76.7 cm³/mol. The van der Waals surface area contributed by atoms with Crippen molar-refractivity contribution in [1.82, 2.24) is 4.90 Å². The van der Waals surface area contributed by atoms with Crippen molar-refractivity contribution < 1.29 is 0 Å². The highest BCUT2D eigenvalue weighted by atomic mass is 15.1. The Bertz CT molecular complexity index is 429. The highest BCUT2D eigenvalue weighted by molar-refractivity contribution is 5.38. The van der Waals surface area contributed by atoms with Gasteiger partial charge < -0.3 is 4.90 Å². The van der Waals surface area contributed by atoms with E-state index in [1.54, 1.807) is 0 Å². The Kier molecular flexibility index (Phi) is 5.88. The lowest BCUT2D eigenvalue weighted by Crippen LogP contribution is -2.22. The molecular weight excluding hydrogens is 220 g/mol. The average molecular weight is 244 g/mol. The highest BCUT2D eigenvalue weighted by Crippen LogP contribution is 2.17. The van der Waals surface area contributed by atoms with Crippen molar-refractivity contribution in [3.63, 3.8) is 0 Å². The summed E-state index contributed by atoms with van der Waals surface area (Å²) >= 11 is 0. The molecule has 0 amide bonds. The summed E-state index contributed by atoms with van der Waals surface area (Å²) in [5.41, 5.74) is 5.67. The van der Waals surface area contributed by atoms with E-state index in [0.29, 0.717) is 6.42 Å². The number of likely N-dealkylation sites (N-methyl/N-ethyl adjacent to an activating group) is 1. The van der Waals surface area contributed by atoms with Gasteiger partial charge in [-0.15, -0.1) is 0 Å². The van der Waals surface area contributed by atoms with Crippen LogP contribution in [0.5, 0.6) is 0 Å². The van der Waals surface area contributed by atoms with Gasteiger partial charge in [0.05, 0.1) is 6.07 Å². The Morgan fingerprint density at radius 2 is 1.83 bits per heavy atom. The van der Waals surface area contributed by atoms with Crippen LogP contribution < -0.4 is 0 Å². The first-order valence-corrected chi connectivity index (χ1v) is 6.67. The summed E-state index contributed by atoms with van der Waals surface area (Å²) in [6.45, 7) is 8.66. The van der Waals surface area contributed by atoms with E-state index in [-0.39, 0.29) is 0 Å². The van der Waals surface area contributed by atoms with E-state index in [9.17, 15) is 0 Å². The molecule has 0 radical (unpaired) electrons. The van der Waals surface area contributed by atoms with Gasteiger partial charge >= 0.3 is 0 Å². The first-order chi connectivity index (χ1) is 8.56. The van der Waals surface area contributed by atoms with Crippen molar-refractivity contribution in [3.05, 3.63) is 34.4 Å². The van der Waals surface area contributed by atoms with Crippen molar-refractivity contribution in [2.24, 2.45) is 0 Å². The predicted octanol–water partition coefficient (Wildman–Crippen LogP) is 3.39. The molecular formula is C16H24N2. The van der Waals surface area contributed by atoms with Gasteiger partial charge in [0, 0.05) is 13.0 Å². The van der Waals surface area contributed by atoms with Crippen LogP contribution in [0.3, 0.4) is 0 Å². The Morgan fingerprint density at radius 3 is 2.50 bits per heavy atom. The van der Waals surface area contributed by atoms with E-state index in [2.05, 4.69) is 50.9 Å². The number of rotatable bonds is 6. The fraction of sp³-hybridized carbons (Fsp3) is 0.562. The minimum atomic E-state index is 0.660. The van der Waals surface area contributed by atoms with Crippen LogP contribution in [0.1, 0.15) is 35.1 Å². The third-order valence-corrected chi connectivity index (χ3v) is 3.76. The van der Waals surface area contributed by atoms with Crippen molar-refractivity contribution in [1.29, 1.82) is 5.26 Å². The summed E-state index contributed by atoms with van der Waals surface area (Å²) in [6.07, 6.45) is 2.72. The molecule has 0 atom stereocenters. The Balaban J connectivity index is 2.49. The molecule has 0 N–H and O–H groups in total. The molecule has 0 aliphatic heterocycles. The van der Waals surface area contributed by atoms with E-state index in [4.69, 9.17) is 5.26 Å². The standard InChI is InChI=1S/C16H24N2/c1-13-7-8-16(15(3)14(13)2)9-12-18(4)11-6-5-10-17/h7-8H,5-6,9,11-12H2,1-4H3. The van der Waals surface area contributed by atoms with Crippen molar-refractivity contribution >= 4 is 0 Å². The summed E-state index contributed by atoms with van der Waals surface area (Å²) in [5.74, 6) is 0. The highest BCUT2D eigenvalue weighted by Gasteiger charge is 2.05. The quantitative estimate of drug-likeness (QED) is 0.717. The summed E-state index contributed by atoms with van der Waals surface area (Å²) < 4.78 is 0. The lowest BCUT2D eigenvalue weighted by Gasteiger charge is -2.17. The first kappa shape index (κ1) is 14.7. The second-order valence-electron chi connectivity index (χ2n) is 5.11. The number of nitriles is 1. The third kappa shape index (κ3) is 4.16. The Labute approximate surface area is 111 Å². The van der Waals surface area contributed by atoms with Crippen molar-refractivity contribution in [2.75, 3.05) is 20.1 Å². The molecule has 1 aromatic carbocycles. The third-order valence-electron chi connectivity index (χ3n) is 3.76. The molecule has 0 unspecified atom stereocenters. The van der Waals surface area contributed by atoms with Gasteiger partial charge in [0.25, 0.3) is 0 Å². The van der Waals surface area contributed by atoms with E-state index in [1.165, 1.54) is 22.3 Å². The lowest BCUT2D eigenvalue weighted by atomic mass is 9.97. The van der Waals surface area contributed by atoms with E-state index < -0.39 is 0 Å². The van der Waals surface area contributed by atoms with Crippen LogP contribution in [-0.2, 0) is 6.42 Å². The number of benzene rings is 1. The zero-order valence-electron chi connectivity index (χ0n) is 12.1. The number of unbranched alkanes of at least 4 members (excludes halogenated alkanes) is 1. The fourth-order valence-electron chi connectivity index (χ4n) is 2.13. The maximum Gasteiger partial charge on any atom is 0.0622 e. The van der Waals surface area contributed by atoms with Gasteiger partial charge in [-0.3, -0.25) is 0 Å². The van der Waals surface area contributed by atoms with Crippen LogP contribution in [0.2, 0.25) is 0 Å². The molecule has 2 nitrogen and oxygen atoms in total. The van der Waals surface area contributed by atoms with Crippen LogP contribution in [0.15, 0.2) is 12.1 Å². The molecule has 1 rings (SSSR count). The zero-order chi connectivity index (χ0) is 13.5. The smallest absolute Gasteiger partial charge is 0.0622 e. The average Bonchev–Trinajstić information content (AvgIpc) is 2.35. The van der Waals surface area contributed by atoms with Gasteiger partial charge in [-0.2, -0.15) is 5.26 Å². The second-order valence-corrected chi connectivity index (χ2v) is 5.11. The normalized spacial score (nSPS) is 10.7. The monoisotopic (exact) mass is 244 g/mol. The summed E-state index contributed by atoms with van der Waals surface area (Å²) in [6, 6.07) is 6.66. The number of hydrogen-bond donors (Lipinski definition) is 0. The minimum Gasteiger partial charge on any atom is -0.306 e. The molecule has 18 heavy (non-hydrogen) atoms. The summed E-state index contributed by atoms with van der Waals surface area (Å²) in [7, 11) is 2.13. The molecule has 0 saturated heterocycles. The SMILES string of the molecule is Cc1ccc(CCN(C)CCCC#N)c(C)c1C. The molecule has 2 heteroatoms. The van der Waals surface area contributed by atoms with E-state index in [1.807, 2.05) is 0 Å². The zero-order valence-corrected chi connectivity index (χ0v) is 12.1. The molecule has 0 aromatic heterocycles. The molecule has 0 aliphatic carbocycles. The minimum absolute atomic E-state index is 0.660. The number of nitrogens with zero attached hydrogens (tertiary/aromatic N) is 2. The van der Waals surface area contributed by atoms with Gasteiger partial charge in [0.1, 0.15) is 0 Å². The van der Waals surface area contributed by atoms with E-state index in [0.717, 1.165) is 25.9 Å². The van der Waals surface area contributed by atoms with Gasteiger partial charge in [-0.1, -0.05) is 12.1 Å². The number of hydrogen-bond acceptors (Lipinski definition) is 2. The van der Waals surface area contributed by atoms with Crippen LogP contribution in [-0.4, -0.2) is 25.0 Å². The molecule has 0 aliphatic rings. The maximum absolute atomic E-state index is 8.51. The van der Waals surface area contributed by atoms with Crippen molar-refractivity contribution in [2.45, 2.75) is 40.0 Å². The van der Waals surface area contributed by atoms with Crippen LogP contribution in [0, 0.1) is 32.1 Å². The maximum atomic E-state index is 8.51. The van der Waals surface area contributed by atoms with Gasteiger partial charge in [0.2, 0.25) is 0 Å². The first-order valence-electron chi connectivity index (χ1n) is 6.67.